The lowest BCUT2D eigenvalue weighted by Crippen LogP contribution is -2.34. The van der Waals surface area contributed by atoms with Crippen LogP contribution < -0.4 is 16.0 Å². The molecule has 0 radical (unpaired) electrons. The molecule has 0 saturated carbocycles. The Morgan fingerprint density at radius 3 is 1.84 bits per heavy atom. The molecule has 0 heterocycles. The van der Waals surface area contributed by atoms with Crippen LogP contribution in [0.25, 0.3) is 0 Å². The zero-order valence-electron chi connectivity index (χ0n) is 18.6. The number of hydrogen-bond donors (Lipinski definition) is 3. The molecule has 0 aliphatic heterocycles. The van der Waals surface area contributed by atoms with Crippen LogP contribution in [0.1, 0.15) is 44.7 Å². The summed E-state index contributed by atoms with van der Waals surface area (Å²) < 4.78 is 5.11. The molecule has 0 atom stereocenters. The monoisotopic (exact) mass is 425 g/mol. The van der Waals surface area contributed by atoms with E-state index in [0.29, 0.717) is 24.2 Å². The summed E-state index contributed by atoms with van der Waals surface area (Å²) in [5.74, 6) is -0.295. The predicted molar refractivity (Wildman–Crippen MR) is 122 cm³/mol. The van der Waals surface area contributed by atoms with Gasteiger partial charge in [-0.15, -0.1) is 0 Å². The van der Waals surface area contributed by atoms with Crippen molar-refractivity contribution in [2.45, 2.75) is 52.6 Å². The summed E-state index contributed by atoms with van der Waals surface area (Å²) in [7, 11) is 0. The average Bonchev–Trinajstić information content (AvgIpc) is 2.67. The van der Waals surface area contributed by atoms with Crippen molar-refractivity contribution in [2.24, 2.45) is 0 Å². The van der Waals surface area contributed by atoms with Gasteiger partial charge < -0.3 is 20.7 Å². The third-order valence-corrected chi connectivity index (χ3v) is 4.23. The number of anilines is 2. The minimum absolute atomic E-state index is 0.0643. The normalized spacial score (nSPS) is 10.8. The van der Waals surface area contributed by atoms with E-state index < -0.39 is 11.7 Å². The fraction of sp³-hybridized carbons (Fsp3) is 0.375. The Labute approximate surface area is 183 Å². The molecular weight excluding hydrogens is 394 g/mol. The van der Waals surface area contributed by atoms with Crippen LogP contribution >= 0.6 is 0 Å². The van der Waals surface area contributed by atoms with Gasteiger partial charge in [-0.25, -0.2) is 4.79 Å². The van der Waals surface area contributed by atoms with Gasteiger partial charge in [0, 0.05) is 30.8 Å². The van der Waals surface area contributed by atoms with Crippen molar-refractivity contribution in [1.29, 1.82) is 0 Å². The quantitative estimate of drug-likeness (QED) is 0.583. The van der Waals surface area contributed by atoms with Crippen LogP contribution in [0.3, 0.4) is 0 Å². The molecular formula is C24H31N3O4. The number of benzene rings is 2. The van der Waals surface area contributed by atoms with Crippen LogP contribution in [0.2, 0.25) is 0 Å². The fourth-order valence-corrected chi connectivity index (χ4v) is 2.69. The topological polar surface area (TPSA) is 96.5 Å². The third kappa shape index (κ3) is 9.80. The highest BCUT2D eigenvalue weighted by atomic mass is 16.6. The van der Waals surface area contributed by atoms with E-state index in [4.69, 9.17) is 4.74 Å². The van der Waals surface area contributed by atoms with Crippen LogP contribution in [0.4, 0.5) is 16.2 Å². The molecule has 31 heavy (non-hydrogen) atoms. The van der Waals surface area contributed by atoms with Gasteiger partial charge in [-0.3, -0.25) is 9.59 Å². The van der Waals surface area contributed by atoms with E-state index in [0.717, 1.165) is 5.56 Å². The highest BCUT2D eigenvalue weighted by Crippen LogP contribution is 2.15. The molecule has 7 heteroatoms. The second kappa shape index (κ2) is 11.2. The van der Waals surface area contributed by atoms with Gasteiger partial charge in [0.2, 0.25) is 11.8 Å². The van der Waals surface area contributed by atoms with Gasteiger partial charge in [0.15, 0.2) is 0 Å². The van der Waals surface area contributed by atoms with Gasteiger partial charge in [0.25, 0.3) is 0 Å². The summed E-state index contributed by atoms with van der Waals surface area (Å²) in [5.41, 5.74) is 3.02. The molecule has 3 N–H and O–H groups in total. The van der Waals surface area contributed by atoms with Gasteiger partial charge >= 0.3 is 6.09 Å². The second-order valence-corrected chi connectivity index (χ2v) is 8.34. The highest BCUT2D eigenvalue weighted by molar-refractivity contribution is 5.93. The van der Waals surface area contributed by atoms with Crippen molar-refractivity contribution in [3.8, 4) is 0 Å². The standard InChI is InChI=1S/C24H31N3O4/c1-17-5-7-18(8-6-17)9-14-21(28)26-19-10-12-20(13-11-19)27-22(29)15-16-25-23(30)31-24(2,3)4/h5-8,10-13H,9,14-16H2,1-4H3,(H,25,30)(H,26,28)(H,27,29). The number of carbonyl (C=O) groups is 3. The Hall–Kier alpha value is -3.35. The first-order valence-corrected chi connectivity index (χ1v) is 10.3. The molecule has 0 saturated heterocycles. The molecule has 0 aliphatic carbocycles. The smallest absolute Gasteiger partial charge is 0.407 e. The number of alkyl carbamates (subject to hydrolysis) is 1. The molecule has 0 fully saturated rings. The van der Waals surface area contributed by atoms with Crippen LogP contribution in [0.15, 0.2) is 48.5 Å². The number of carbonyl (C=O) groups excluding carboxylic acids is 3. The Morgan fingerprint density at radius 1 is 0.806 bits per heavy atom. The highest BCUT2D eigenvalue weighted by Gasteiger charge is 2.15. The molecule has 0 aliphatic rings. The van der Waals surface area contributed by atoms with Crippen LogP contribution in [-0.2, 0) is 20.7 Å². The summed E-state index contributed by atoms with van der Waals surface area (Å²) in [6, 6.07) is 15.0. The summed E-state index contributed by atoms with van der Waals surface area (Å²) in [5, 5.41) is 8.15. The summed E-state index contributed by atoms with van der Waals surface area (Å²) in [4.78, 5) is 35.7. The average molecular weight is 426 g/mol. The molecule has 0 bridgehead atoms. The Balaban J connectivity index is 1.70. The van der Waals surface area contributed by atoms with E-state index in [1.54, 1.807) is 45.0 Å². The molecule has 2 rings (SSSR count). The van der Waals surface area contributed by atoms with E-state index in [2.05, 4.69) is 16.0 Å². The Morgan fingerprint density at radius 2 is 1.32 bits per heavy atom. The predicted octanol–water partition coefficient (Wildman–Crippen LogP) is 4.42. The van der Waals surface area contributed by atoms with E-state index in [1.165, 1.54) is 5.56 Å². The number of amides is 3. The molecule has 0 aromatic heterocycles. The van der Waals surface area contributed by atoms with Gasteiger partial charge in [0.1, 0.15) is 5.60 Å². The van der Waals surface area contributed by atoms with Crippen molar-refractivity contribution in [1.82, 2.24) is 5.32 Å². The fourth-order valence-electron chi connectivity index (χ4n) is 2.69. The van der Waals surface area contributed by atoms with Crippen molar-refractivity contribution < 1.29 is 19.1 Å². The van der Waals surface area contributed by atoms with E-state index in [1.807, 2.05) is 31.2 Å². The van der Waals surface area contributed by atoms with Crippen molar-refractivity contribution in [3.05, 3.63) is 59.7 Å². The minimum Gasteiger partial charge on any atom is -0.444 e. The van der Waals surface area contributed by atoms with E-state index >= 15 is 0 Å². The first-order valence-electron chi connectivity index (χ1n) is 10.3. The summed E-state index contributed by atoms with van der Waals surface area (Å²) >= 11 is 0. The molecule has 0 spiro atoms. The van der Waals surface area contributed by atoms with Gasteiger partial charge in [0.05, 0.1) is 0 Å². The Bertz CT molecular complexity index is 885. The number of nitrogens with one attached hydrogen (secondary N) is 3. The van der Waals surface area contributed by atoms with Crippen LogP contribution in [0.5, 0.6) is 0 Å². The zero-order valence-corrected chi connectivity index (χ0v) is 18.6. The molecule has 3 amide bonds. The molecule has 7 nitrogen and oxygen atoms in total. The van der Waals surface area contributed by atoms with Crippen LogP contribution in [-0.4, -0.2) is 30.1 Å². The lowest BCUT2D eigenvalue weighted by atomic mass is 10.1. The first-order chi connectivity index (χ1) is 14.6. The largest absolute Gasteiger partial charge is 0.444 e. The SMILES string of the molecule is Cc1ccc(CCC(=O)Nc2ccc(NC(=O)CCNC(=O)OC(C)(C)C)cc2)cc1. The number of ether oxygens (including phenoxy) is 1. The van der Waals surface area contributed by atoms with Crippen molar-refractivity contribution in [2.75, 3.05) is 17.2 Å². The van der Waals surface area contributed by atoms with E-state index in [-0.39, 0.29) is 24.8 Å². The maximum atomic E-state index is 12.1. The van der Waals surface area contributed by atoms with Crippen molar-refractivity contribution in [3.63, 3.8) is 0 Å². The maximum absolute atomic E-state index is 12.1. The minimum atomic E-state index is -0.579. The summed E-state index contributed by atoms with van der Waals surface area (Å²) in [6.45, 7) is 7.53. The maximum Gasteiger partial charge on any atom is 0.407 e. The third-order valence-electron chi connectivity index (χ3n) is 4.23. The lowest BCUT2D eigenvalue weighted by molar-refractivity contribution is -0.117. The molecule has 166 valence electrons. The molecule has 2 aromatic rings. The zero-order chi connectivity index (χ0) is 22.9. The number of aryl methyl sites for hydroxylation is 2. The Kier molecular flexibility index (Phi) is 8.61. The number of hydrogen-bond acceptors (Lipinski definition) is 4. The molecule has 0 unspecified atom stereocenters. The molecule has 2 aromatic carbocycles. The number of rotatable bonds is 8. The van der Waals surface area contributed by atoms with E-state index in [9.17, 15) is 14.4 Å². The second-order valence-electron chi connectivity index (χ2n) is 8.34. The first kappa shape index (κ1) is 23.9. The summed E-state index contributed by atoms with van der Waals surface area (Å²) in [6.07, 6.45) is 0.642. The van der Waals surface area contributed by atoms with Crippen LogP contribution in [0, 0.1) is 6.92 Å². The van der Waals surface area contributed by atoms with Gasteiger partial charge in [-0.05, 0) is 63.9 Å². The van der Waals surface area contributed by atoms with Gasteiger partial charge in [-0.1, -0.05) is 29.8 Å². The van der Waals surface area contributed by atoms with Crippen molar-refractivity contribution >= 4 is 29.3 Å². The van der Waals surface area contributed by atoms with Gasteiger partial charge in [-0.2, -0.15) is 0 Å². The lowest BCUT2D eigenvalue weighted by Gasteiger charge is -2.19.